The molecule has 1 aliphatic heterocycles. The minimum atomic E-state index is -0.288. The van der Waals surface area contributed by atoms with Gasteiger partial charge in [0.05, 0.1) is 15.9 Å². The molecule has 32 heavy (non-hydrogen) atoms. The minimum absolute atomic E-state index is 0.0603. The summed E-state index contributed by atoms with van der Waals surface area (Å²) in [6.45, 7) is 3.28. The highest BCUT2D eigenvalue weighted by atomic mass is 32.1. The maximum Gasteiger partial charge on any atom is 0.253 e. The Hall–Kier alpha value is -3.43. The fourth-order valence-electron chi connectivity index (χ4n) is 3.59. The summed E-state index contributed by atoms with van der Waals surface area (Å²) in [6.07, 6.45) is 0. The van der Waals surface area contributed by atoms with Crippen LogP contribution in [0.5, 0.6) is 0 Å². The van der Waals surface area contributed by atoms with Gasteiger partial charge in [0.15, 0.2) is 10.9 Å². The van der Waals surface area contributed by atoms with Crippen LogP contribution in [0.25, 0.3) is 21.5 Å². The summed E-state index contributed by atoms with van der Waals surface area (Å²) >= 11 is 1.46. The lowest BCUT2D eigenvalue weighted by atomic mass is 10.1. The van der Waals surface area contributed by atoms with Crippen LogP contribution < -0.4 is 5.32 Å². The highest BCUT2D eigenvalue weighted by Crippen LogP contribution is 2.29. The number of carbonyl (C=O) groups is 1. The molecular formula is C23H21FN6OS. The van der Waals surface area contributed by atoms with E-state index in [0.717, 1.165) is 42.0 Å². The molecule has 1 amide bonds. The molecule has 0 radical (unpaired) electrons. The van der Waals surface area contributed by atoms with Crippen molar-refractivity contribution in [1.82, 2.24) is 25.0 Å². The summed E-state index contributed by atoms with van der Waals surface area (Å²) in [6, 6.07) is 15.4. The smallest absolute Gasteiger partial charge is 0.253 e. The largest absolute Gasteiger partial charge is 0.336 e. The Morgan fingerprint density at radius 1 is 1.00 bits per heavy atom. The zero-order valence-corrected chi connectivity index (χ0v) is 18.3. The lowest BCUT2D eigenvalue weighted by molar-refractivity contribution is 0.0664. The molecule has 0 spiro atoms. The van der Waals surface area contributed by atoms with Crippen LogP contribution in [0.15, 0.2) is 54.6 Å². The third-order valence-corrected chi connectivity index (χ3v) is 6.40. The molecule has 0 aliphatic carbocycles. The topological polar surface area (TPSA) is 74.2 Å². The zero-order valence-electron chi connectivity index (χ0n) is 17.5. The molecule has 9 heteroatoms. The van der Waals surface area contributed by atoms with Crippen molar-refractivity contribution in [2.75, 3.05) is 38.5 Å². The van der Waals surface area contributed by atoms with Gasteiger partial charge in [-0.15, -0.1) is 10.2 Å². The van der Waals surface area contributed by atoms with Crippen LogP contribution in [0.3, 0.4) is 0 Å². The van der Waals surface area contributed by atoms with E-state index in [2.05, 4.69) is 32.4 Å². The van der Waals surface area contributed by atoms with Gasteiger partial charge in [0.1, 0.15) is 5.82 Å². The number of benzene rings is 2. The number of nitrogens with zero attached hydrogens (tertiary/aromatic N) is 5. The first-order chi connectivity index (χ1) is 15.5. The van der Waals surface area contributed by atoms with Crippen LogP contribution in [-0.2, 0) is 0 Å². The Kier molecular flexibility index (Phi) is 5.50. The number of rotatable bonds is 4. The van der Waals surface area contributed by atoms with Crippen molar-refractivity contribution < 1.29 is 9.18 Å². The molecule has 0 bridgehead atoms. The second-order valence-corrected chi connectivity index (χ2v) is 8.76. The third-order valence-electron chi connectivity index (χ3n) is 5.47. The average Bonchev–Trinajstić information content (AvgIpc) is 3.21. The zero-order chi connectivity index (χ0) is 22.1. The molecule has 0 atom stereocenters. The molecule has 2 aromatic heterocycles. The first kappa shape index (κ1) is 20.5. The molecule has 5 rings (SSSR count). The van der Waals surface area contributed by atoms with Gasteiger partial charge in [-0.3, -0.25) is 4.79 Å². The molecular weight excluding hydrogens is 427 g/mol. The van der Waals surface area contributed by atoms with Gasteiger partial charge in [0.25, 0.3) is 5.91 Å². The number of aromatic nitrogens is 3. The van der Waals surface area contributed by atoms with Gasteiger partial charge in [-0.25, -0.2) is 9.37 Å². The lowest BCUT2D eigenvalue weighted by Crippen LogP contribution is -2.47. The number of hydrogen-bond donors (Lipinski definition) is 1. The van der Waals surface area contributed by atoms with E-state index >= 15 is 0 Å². The molecule has 1 fully saturated rings. The SMILES string of the molecule is CN1CCN(C(=O)c2ccc3nc(Nc4ccc(-c5ccc(F)cc5)nn4)sc3c2)CC1. The van der Waals surface area contributed by atoms with Gasteiger partial charge in [-0.2, -0.15) is 0 Å². The van der Waals surface area contributed by atoms with Gasteiger partial charge in [0.2, 0.25) is 0 Å². The van der Waals surface area contributed by atoms with Gasteiger partial charge in [0, 0.05) is 37.3 Å². The molecule has 7 nitrogen and oxygen atoms in total. The highest BCUT2D eigenvalue weighted by molar-refractivity contribution is 7.22. The normalized spacial score (nSPS) is 14.6. The van der Waals surface area contributed by atoms with E-state index in [1.54, 1.807) is 18.2 Å². The number of likely N-dealkylation sites (N-methyl/N-ethyl adjacent to an activating group) is 1. The summed E-state index contributed by atoms with van der Waals surface area (Å²) in [7, 11) is 2.07. The molecule has 162 valence electrons. The Labute approximate surface area is 188 Å². The summed E-state index contributed by atoms with van der Waals surface area (Å²) in [5.41, 5.74) is 2.96. The standard InChI is InChI=1S/C23H21FN6OS/c1-29-10-12-30(13-11-29)22(31)16-4-7-19-20(14-16)32-23(25-19)26-21-9-8-18(27-28-21)15-2-5-17(24)6-3-15/h2-9,14H,10-13H2,1H3,(H,25,26,28). The van der Waals surface area contributed by atoms with Gasteiger partial charge < -0.3 is 15.1 Å². The summed E-state index contributed by atoms with van der Waals surface area (Å²) in [5.74, 6) is 0.332. The highest BCUT2D eigenvalue weighted by Gasteiger charge is 2.21. The second-order valence-electron chi connectivity index (χ2n) is 7.73. The molecule has 0 saturated carbocycles. The van der Waals surface area contributed by atoms with Crippen molar-refractivity contribution in [1.29, 1.82) is 0 Å². The van der Waals surface area contributed by atoms with Crippen LogP contribution in [0, 0.1) is 5.82 Å². The van der Waals surface area contributed by atoms with Crippen molar-refractivity contribution in [3.05, 3.63) is 66.0 Å². The Morgan fingerprint density at radius 3 is 2.50 bits per heavy atom. The van der Waals surface area contributed by atoms with Gasteiger partial charge >= 0.3 is 0 Å². The lowest BCUT2D eigenvalue weighted by Gasteiger charge is -2.32. The Morgan fingerprint density at radius 2 is 1.78 bits per heavy atom. The first-order valence-corrected chi connectivity index (χ1v) is 11.1. The second kappa shape index (κ2) is 8.60. The van der Waals surface area contributed by atoms with E-state index in [9.17, 15) is 9.18 Å². The quantitative estimate of drug-likeness (QED) is 0.508. The van der Waals surface area contributed by atoms with E-state index < -0.39 is 0 Å². The number of amides is 1. The van der Waals surface area contributed by atoms with Crippen molar-refractivity contribution >= 4 is 38.4 Å². The number of fused-ring (bicyclic) bond motifs is 1. The van der Waals surface area contributed by atoms with E-state index in [4.69, 9.17) is 0 Å². The maximum atomic E-state index is 13.1. The number of nitrogens with one attached hydrogen (secondary N) is 1. The monoisotopic (exact) mass is 448 g/mol. The van der Waals surface area contributed by atoms with Crippen molar-refractivity contribution in [2.24, 2.45) is 0 Å². The first-order valence-electron chi connectivity index (χ1n) is 10.3. The molecule has 1 N–H and O–H groups in total. The molecule has 4 aromatic rings. The number of carbonyl (C=O) groups excluding carboxylic acids is 1. The fraction of sp³-hybridized carbons (Fsp3) is 0.217. The van der Waals surface area contributed by atoms with E-state index in [1.807, 2.05) is 29.2 Å². The third kappa shape index (κ3) is 4.30. The van der Waals surface area contributed by atoms with Crippen molar-refractivity contribution in [3.63, 3.8) is 0 Å². The van der Waals surface area contributed by atoms with Crippen LogP contribution in [0.1, 0.15) is 10.4 Å². The average molecular weight is 449 g/mol. The number of anilines is 2. The van der Waals surface area contributed by atoms with Crippen LogP contribution in [0.4, 0.5) is 15.3 Å². The van der Waals surface area contributed by atoms with Gasteiger partial charge in [-0.05, 0) is 61.6 Å². The predicted molar refractivity (Wildman–Crippen MR) is 124 cm³/mol. The van der Waals surface area contributed by atoms with Crippen LogP contribution >= 0.6 is 11.3 Å². The Balaban J connectivity index is 1.31. The molecule has 2 aromatic carbocycles. The van der Waals surface area contributed by atoms with Crippen molar-refractivity contribution in [2.45, 2.75) is 0 Å². The maximum absolute atomic E-state index is 13.1. The molecule has 1 aliphatic rings. The van der Waals surface area contributed by atoms with E-state index in [1.165, 1.54) is 23.5 Å². The molecule has 0 unspecified atom stereocenters. The summed E-state index contributed by atoms with van der Waals surface area (Å²) in [5, 5.41) is 12.3. The van der Waals surface area contributed by atoms with Crippen LogP contribution in [-0.4, -0.2) is 64.1 Å². The molecule has 3 heterocycles. The number of piperazine rings is 1. The van der Waals surface area contributed by atoms with Crippen molar-refractivity contribution in [3.8, 4) is 11.3 Å². The number of halogens is 1. The van der Waals surface area contributed by atoms with E-state index in [-0.39, 0.29) is 11.7 Å². The predicted octanol–water partition coefficient (Wildman–Crippen LogP) is 4.02. The minimum Gasteiger partial charge on any atom is -0.336 e. The Bertz CT molecular complexity index is 1250. The fourth-order valence-corrected chi connectivity index (χ4v) is 4.50. The van der Waals surface area contributed by atoms with E-state index in [0.29, 0.717) is 22.2 Å². The number of thiazole rings is 1. The van der Waals surface area contributed by atoms with Crippen LogP contribution in [0.2, 0.25) is 0 Å². The molecule has 1 saturated heterocycles. The van der Waals surface area contributed by atoms with Gasteiger partial charge in [-0.1, -0.05) is 11.3 Å². The number of hydrogen-bond acceptors (Lipinski definition) is 7. The summed E-state index contributed by atoms with van der Waals surface area (Å²) < 4.78 is 14.0. The summed E-state index contributed by atoms with van der Waals surface area (Å²) in [4.78, 5) is 21.6.